The minimum atomic E-state index is -3.84. The average Bonchev–Trinajstić information content (AvgIpc) is 2.32. The van der Waals surface area contributed by atoms with Crippen LogP contribution in [0.25, 0.3) is 0 Å². The SMILES string of the molecule is Cc1cc(Cl)cc(C)c1Oc1ccc(S(N)(=O)=O)c(N)c1. The van der Waals surface area contributed by atoms with Crippen LogP contribution in [-0.2, 0) is 10.0 Å². The van der Waals surface area contributed by atoms with Gasteiger partial charge in [-0.25, -0.2) is 13.6 Å². The Morgan fingerprint density at radius 2 is 1.67 bits per heavy atom. The molecule has 0 saturated heterocycles. The number of ether oxygens (including phenoxy) is 1. The summed E-state index contributed by atoms with van der Waals surface area (Å²) in [7, 11) is -3.84. The van der Waals surface area contributed by atoms with E-state index in [1.54, 1.807) is 12.1 Å². The van der Waals surface area contributed by atoms with Gasteiger partial charge in [-0.1, -0.05) is 11.6 Å². The van der Waals surface area contributed by atoms with Gasteiger partial charge < -0.3 is 10.5 Å². The van der Waals surface area contributed by atoms with Gasteiger partial charge in [0.1, 0.15) is 16.4 Å². The molecule has 0 spiro atoms. The van der Waals surface area contributed by atoms with E-state index < -0.39 is 10.0 Å². The van der Waals surface area contributed by atoms with Gasteiger partial charge in [0, 0.05) is 11.1 Å². The van der Waals surface area contributed by atoms with Crippen LogP contribution >= 0.6 is 11.6 Å². The lowest BCUT2D eigenvalue weighted by Gasteiger charge is -2.13. The molecule has 21 heavy (non-hydrogen) atoms. The lowest BCUT2D eigenvalue weighted by Crippen LogP contribution is -2.14. The quantitative estimate of drug-likeness (QED) is 0.847. The largest absolute Gasteiger partial charge is 0.457 e. The van der Waals surface area contributed by atoms with Crippen molar-refractivity contribution < 1.29 is 13.2 Å². The van der Waals surface area contributed by atoms with Crippen molar-refractivity contribution >= 4 is 27.3 Å². The maximum Gasteiger partial charge on any atom is 0.240 e. The monoisotopic (exact) mass is 326 g/mol. The second kappa shape index (κ2) is 5.55. The fourth-order valence-electron chi connectivity index (χ4n) is 2.03. The van der Waals surface area contributed by atoms with E-state index in [1.807, 2.05) is 13.8 Å². The third-order valence-electron chi connectivity index (χ3n) is 2.93. The topological polar surface area (TPSA) is 95.4 Å². The van der Waals surface area contributed by atoms with E-state index in [1.165, 1.54) is 18.2 Å². The molecule has 4 N–H and O–H groups in total. The van der Waals surface area contributed by atoms with Gasteiger partial charge in [-0.2, -0.15) is 0 Å². The van der Waals surface area contributed by atoms with Gasteiger partial charge in [0.05, 0.1) is 5.69 Å². The lowest BCUT2D eigenvalue weighted by molar-refractivity contribution is 0.475. The van der Waals surface area contributed by atoms with Crippen LogP contribution in [-0.4, -0.2) is 8.42 Å². The molecule has 0 bridgehead atoms. The summed E-state index contributed by atoms with van der Waals surface area (Å²) in [6, 6.07) is 7.81. The summed E-state index contributed by atoms with van der Waals surface area (Å²) < 4.78 is 28.4. The molecule has 0 aliphatic rings. The molecule has 2 aromatic rings. The van der Waals surface area contributed by atoms with Crippen molar-refractivity contribution in [3.05, 3.63) is 46.5 Å². The molecule has 0 heterocycles. The van der Waals surface area contributed by atoms with E-state index >= 15 is 0 Å². The van der Waals surface area contributed by atoms with Gasteiger partial charge in [-0.15, -0.1) is 0 Å². The summed E-state index contributed by atoms with van der Waals surface area (Å²) in [6.45, 7) is 3.74. The third-order valence-corrected chi connectivity index (χ3v) is 4.14. The molecule has 0 radical (unpaired) electrons. The molecule has 112 valence electrons. The average molecular weight is 327 g/mol. The number of benzene rings is 2. The molecule has 0 unspecified atom stereocenters. The number of nitrogen functional groups attached to an aromatic ring is 1. The van der Waals surface area contributed by atoms with Crippen LogP contribution < -0.4 is 15.6 Å². The van der Waals surface area contributed by atoms with Crippen LogP contribution in [0.2, 0.25) is 5.02 Å². The zero-order valence-corrected chi connectivity index (χ0v) is 13.1. The second-order valence-electron chi connectivity index (χ2n) is 4.72. The van der Waals surface area contributed by atoms with E-state index in [4.69, 9.17) is 27.2 Å². The number of rotatable bonds is 3. The molecular formula is C14H15ClN2O3S. The van der Waals surface area contributed by atoms with Crippen molar-refractivity contribution in [2.24, 2.45) is 5.14 Å². The van der Waals surface area contributed by atoms with Crippen molar-refractivity contribution in [1.29, 1.82) is 0 Å². The maximum absolute atomic E-state index is 11.3. The highest BCUT2D eigenvalue weighted by Crippen LogP contribution is 2.33. The highest BCUT2D eigenvalue weighted by Gasteiger charge is 2.14. The number of hydrogen-bond donors (Lipinski definition) is 2. The lowest BCUT2D eigenvalue weighted by atomic mass is 10.1. The van der Waals surface area contributed by atoms with Gasteiger partial charge in [0.2, 0.25) is 10.0 Å². The van der Waals surface area contributed by atoms with Gasteiger partial charge in [-0.05, 0) is 49.2 Å². The van der Waals surface area contributed by atoms with Crippen LogP contribution in [0, 0.1) is 13.8 Å². The molecule has 0 fully saturated rings. The first-order chi connectivity index (χ1) is 9.68. The number of anilines is 1. The van der Waals surface area contributed by atoms with Crippen LogP contribution in [0.1, 0.15) is 11.1 Å². The molecule has 0 amide bonds. The summed E-state index contributed by atoms with van der Waals surface area (Å²) in [5.41, 5.74) is 7.48. The summed E-state index contributed by atoms with van der Waals surface area (Å²) in [5, 5.41) is 5.69. The van der Waals surface area contributed by atoms with Gasteiger partial charge in [-0.3, -0.25) is 0 Å². The number of primary sulfonamides is 1. The van der Waals surface area contributed by atoms with Crippen molar-refractivity contribution in [2.45, 2.75) is 18.7 Å². The van der Waals surface area contributed by atoms with E-state index in [9.17, 15) is 8.42 Å². The molecule has 5 nitrogen and oxygen atoms in total. The standard InChI is InChI=1S/C14H15ClN2O3S/c1-8-5-10(15)6-9(2)14(8)20-11-3-4-13(12(16)7-11)21(17,18)19/h3-7H,16H2,1-2H3,(H2,17,18,19). The van der Waals surface area contributed by atoms with Crippen molar-refractivity contribution in [3.63, 3.8) is 0 Å². The zero-order valence-electron chi connectivity index (χ0n) is 11.6. The highest BCUT2D eigenvalue weighted by molar-refractivity contribution is 7.89. The second-order valence-corrected chi connectivity index (χ2v) is 6.68. The Bertz CT molecular complexity index is 781. The van der Waals surface area contributed by atoms with Gasteiger partial charge >= 0.3 is 0 Å². The Morgan fingerprint density at radius 1 is 1.10 bits per heavy atom. The molecule has 2 rings (SSSR count). The van der Waals surface area contributed by atoms with Gasteiger partial charge in [0.15, 0.2) is 0 Å². The van der Waals surface area contributed by atoms with Crippen LogP contribution in [0.3, 0.4) is 0 Å². The highest BCUT2D eigenvalue weighted by atomic mass is 35.5. The first-order valence-electron chi connectivity index (χ1n) is 6.05. The summed E-state index contributed by atoms with van der Waals surface area (Å²) in [4.78, 5) is -0.126. The first-order valence-corrected chi connectivity index (χ1v) is 7.98. The summed E-state index contributed by atoms with van der Waals surface area (Å²) in [6.07, 6.45) is 0. The first kappa shape index (κ1) is 15.6. The molecule has 0 atom stereocenters. The van der Waals surface area contributed by atoms with Crippen molar-refractivity contribution in [3.8, 4) is 11.5 Å². The van der Waals surface area contributed by atoms with Crippen molar-refractivity contribution in [1.82, 2.24) is 0 Å². The molecule has 0 saturated carbocycles. The molecule has 2 aromatic carbocycles. The summed E-state index contributed by atoms with van der Waals surface area (Å²) >= 11 is 5.97. The maximum atomic E-state index is 11.3. The fourth-order valence-corrected chi connectivity index (χ4v) is 3.00. The fraction of sp³-hybridized carbons (Fsp3) is 0.143. The molecule has 0 aliphatic heterocycles. The minimum absolute atomic E-state index is 0.0410. The molecular weight excluding hydrogens is 312 g/mol. The summed E-state index contributed by atoms with van der Waals surface area (Å²) in [5.74, 6) is 1.08. The number of aryl methyl sites for hydroxylation is 2. The van der Waals surface area contributed by atoms with E-state index in [-0.39, 0.29) is 10.6 Å². The Labute approximate surface area is 128 Å². The van der Waals surface area contributed by atoms with E-state index in [0.717, 1.165) is 11.1 Å². The van der Waals surface area contributed by atoms with Crippen LogP contribution in [0.4, 0.5) is 5.69 Å². The molecule has 0 aromatic heterocycles. The van der Waals surface area contributed by atoms with Gasteiger partial charge in [0.25, 0.3) is 0 Å². The predicted octanol–water partition coefficient (Wildman–Crippen LogP) is 2.98. The third kappa shape index (κ3) is 3.47. The molecule has 0 aliphatic carbocycles. The predicted molar refractivity (Wildman–Crippen MR) is 83.2 cm³/mol. The smallest absolute Gasteiger partial charge is 0.240 e. The number of nitrogens with two attached hydrogens (primary N) is 2. The minimum Gasteiger partial charge on any atom is -0.457 e. The normalized spacial score (nSPS) is 11.4. The number of hydrogen-bond acceptors (Lipinski definition) is 4. The Hall–Kier alpha value is -1.76. The zero-order chi connectivity index (χ0) is 15.8. The Kier molecular flexibility index (Phi) is 4.13. The number of halogens is 1. The molecule has 7 heteroatoms. The van der Waals surface area contributed by atoms with Crippen molar-refractivity contribution in [2.75, 3.05) is 5.73 Å². The van der Waals surface area contributed by atoms with Crippen LogP contribution in [0.5, 0.6) is 11.5 Å². The van der Waals surface area contributed by atoms with E-state index in [0.29, 0.717) is 16.5 Å². The van der Waals surface area contributed by atoms with Crippen LogP contribution in [0.15, 0.2) is 35.2 Å². The number of sulfonamides is 1. The Balaban J connectivity index is 2.40. The van der Waals surface area contributed by atoms with E-state index in [2.05, 4.69) is 0 Å². The Morgan fingerprint density at radius 3 is 2.14 bits per heavy atom.